The highest BCUT2D eigenvalue weighted by Crippen LogP contribution is 2.49. The zero-order valence-electron chi connectivity index (χ0n) is 20.6. The Labute approximate surface area is 224 Å². The van der Waals surface area contributed by atoms with E-state index in [0.717, 1.165) is 31.6 Å². The van der Waals surface area contributed by atoms with Crippen molar-refractivity contribution < 1.29 is 8.42 Å². The van der Waals surface area contributed by atoms with Gasteiger partial charge in [0.25, 0.3) is 0 Å². The van der Waals surface area contributed by atoms with Crippen molar-refractivity contribution >= 4 is 33.4 Å². The van der Waals surface area contributed by atoms with Crippen molar-refractivity contribution in [1.29, 1.82) is 0 Å². The van der Waals surface area contributed by atoms with Gasteiger partial charge in [0.05, 0.1) is 4.90 Å². The fraction of sp³-hybridized carbons (Fsp3) is 0.379. The van der Waals surface area contributed by atoms with Crippen molar-refractivity contribution in [2.45, 2.75) is 40.4 Å². The van der Waals surface area contributed by atoms with Gasteiger partial charge in [-0.15, -0.1) is 11.8 Å². The van der Waals surface area contributed by atoms with E-state index in [-0.39, 0.29) is 5.92 Å². The molecule has 0 aliphatic carbocycles. The van der Waals surface area contributed by atoms with E-state index in [9.17, 15) is 8.42 Å². The average molecular weight is 541 g/mol. The van der Waals surface area contributed by atoms with Crippen LogP contribution in [0.25, 0.3) is 0 Å². The normalized spacial score (nSPS) is 18.4. The predicted molar refractivity (Wildman–Crippen MR) is 150 cm³/mol. The van der Waals surface area contributed by atoms with Gasteiger partial charge in [0.15, 0.2) is 0 Å². The standard InChI is InChI=1S/C29H33ClN2O2S2/c1-31(36(33,34)24-9-3-2-4-10-24)21-23(25-11-5-7-13-27(25)30)15-18-32-19-16-29(17-20-32)22-35-28-14-8-6-12-26(28)29/h2-14,23H,15-22H2,1H3. The van der Waals surface area contributed by atoms with Crippen LogP contribution < -0.4 is 0 Å². The van der Waals surface area contributed by atoms with Crippen molar-refractivity contribution in [2.75, 3.05) is 39.0 Å². The van der Waals surface area contributed by atoms with E-state index in [4.69, 9.17) is 11.6 Å². The molecule has 0 aromatic heterocycles. The highest BCUT2D eigenvalue weighted by atomic mass is 35.5. The molecular formula is C29H33ClN2O2S2. The van der Waals surface area contributed by atoms with Crippen LogP contribution in [-0.4, -0.2) is 56.6 Å². The summed E-state index contributed by atoms with van der Waals surface area (Å²) in [6.45, 7) is 3.47. The van der Waals surface area contributed by atoms with Gasteiger partial charge in [0.1, 0.15) is 0 Å². The summed E-state index contributed by atoms with van der Waals surface area (Å²) in [6.07, 6.45) is 3.21. The molecule has 2 heterocycles. The molecule has 190 valence electrons. The molecule has 0 radical (unpaired) electrons. The lowest BCUT2D eigenvalue weighted by Crippen LogP contribution is -2.43. The van der Waals surface area contributed by atoms with Crippen LogP contribution >= 0.6 is 23.4 Å². The Bertz CT molecular complexity index is 1290. The van der Waals surface area contributed by atoms with Crippen LogP contribution in [0.4, 0.5) is 0 Å². The van der Waals surface area contributed by atoms with Gasteiger partial charge in [-0.2, -0.15) is 0 Å². The smallest absolute Gasteiger partial charge is 0.242 e. The molecule has 1 unspecified atom stereocenters. The maximum atomic E-state index is 13.2. The molecule has 0 amide bonds. The molecule has 1 spiro atoms. The number of likely N-dealkylation sites (tertiary alicyclic amines) is 1. The summed E-state index contributed by atoms with van der Waals surface area (Å²) < 4.78 is 27.9. The molecule has 1 fully saturated rings. The molecule has 5 rings (SSSR count). The average Bonchev–Trinajstić information content (AvgIpc) is 3.26. The van der Waals surface area contributed by atoms with Crippen LogP contribution in [0.2, 0.25) is 5.02 Å². The lowest BCUT2D eigenvalue weighted by atomic mass is 9.74. The maximum absolute atomic E-state index is 13.2. The molecule has 0 bridgehead atoms. The number of benzene rings is 3. The molecule has 1 saturated heterocycles. The number of likely N-dealkylation sites (N-methyl/N-ethyl adjacent to an activating group) is 1. The van der Waals surface area contributed by atoms with E-state index in [2.05, 4.69) is 29.2 Å². The van der Waals surface area contributed by atoms with Gasteiger partial charge in [0.2, 0.25) is 10.0 Å². The van der Waals surface area contributed by atoms with Crippen molar-refractivity contribution in [3.8, 4) is 0 Å². The first-order valence-corrected chi connectivity index (χ1v) is 15.4. The molecule has 36 heavy (non-hydrogen) atoms. The number of nitrogens with zero attached hydrogens (tertiary/aromatic N) is 2. The number of halogens is 1. The summed E-state index contributed by atoms with van der Waals surface area (Å²) in [5, 5.41) is 0.699. The van der Waals surface area contributed by atoms with Gasteiger partial charge >= 0.3 is 0 Å². The second kappa shape index (κ2) is 10.9. The molecule has 1 atom stereocenters. The fourth-order valence-corrected chi connectivity index (χ4v) is 8.63. The van der Waals surface area contributed by atoms with Gasteiger partial charge in [-0.3, -0.25) is 0 Å². The van der Waals surface area contributed by atoms with E-state index in [0.29, 0.717) is 21.9 Å². The van der Waals surface area contributed by atoms with Crippen molar-refractivity contribution in [2.24, 2.45) is 0 Å². The Morgan fingerprint density at radius 3 is 2.39 bits per heavy atom. The van der Waals surface area contributed by atoms with E-state index in [1.807, 2.05) is 42.1 Å². The second-order valence-corrected chi connectivity index (χ2v) is 13.5. The Morgan fingerprint density at radius 1 is 0.972 bits per heavy atom. The molecule has 2 aliphatic heterocycles. The van der Waals surface area contributed by atoms with E-state index >= 15 is 0 Å². The van der Waals surface area contributed by atoms with E-state index in [1.54, 1.807) is 31.3 Å². The number of fused-ring (bicyclic) bond motifs is 2. The number of thioether (sulfide) groups is 1. The molecule has 3 aromatic rings. The zero-order chi connectivity index (χ0) is 25.2. The van der Waals surface area contributed by atoms with Gasteiger partial charge < -0.3 is 4.90 Å². The van der Waals surface area contributed by atoms with Crippen molar-refractivity contribution in [1.82, 2.24) is 9.21 Å². The number of piperidine rings is 1. The van der Waals surface area contributed by atoms with Crippen LogP contribution in [0.15, 0.2) is 88.7 Å². The van der Waals surface area contributed by atoms with Crippen molar-refractivity contribution in [3.63, 3.8) is 0 Å². The number of sulfonamides is 1. The van der Waals surface area contributed by atoms with Crippen LogP contribution in [-0.2, 0) is 15.4 Å². The Hall–Kier alpha value is -1.83. The molecule has 7 heteroatoms. The Kier molecular flexibility index (Phi) is 7.80. The van der Waals surface area contributed by atoms with Crippen molar-refractivity contribution in [3.05, 3.63) is 95.0 Å². The number of hydrogen-bond acceptors (Lipinski definition) is 4. The zero-order valence-corrected chi connectivity index (χ0v) is 23.0. The topological polar surface area (TPSA) is 40.6 Å². The summed E-state index contributed by atoms with van der Waals surface area (Å²) in [5.41, 5.74) is 2.87. The fourth-order valence-electron chi connectivity index (χ4n) is 5.61. The van der Waals surface area contributed by atoms with Crippen LogP contribution in [0, 0.1) is 0 Å². The first-order valence-electron chi connectivity index (χ1n) is 12.6. The molecule has 0 N–H and O–H groups in total. The first-order chi connectivity index (χ1) is 17.4. The van der Waals surface area contributed by atoms with Crippen LogP contribution in [0.5, 0.6) is 0 Å². The predicted octanol–water partition coefficient (Wildman–Crippen LogP) is 6.27. The molecular weight excluding hydrogens is 508 g/mol. The van der Waals surface area contributed by atoms with E-state index in [1.165, 1.54) is 33.4 Å². The Balaban J connectivity index is 1.27. The SMILES string of the molecule is CN(CC(CCN1CCC2(CC1)CSc1ccccc12)c1ccccc1Cl)S(=O)(=O)c1ccccc1. The second-order valence-electron chi connectivity index (χ2n) is 10.0. The van der Waals surface area contributed by atoms with Gasteiger partial charge in [-0.1, -0.05) is 66.2 Å². The van der Waals surface area contributed by atoms with Gasteiger partial charge in [0, 0.05) is 40.6 Å². The molecule has 4 nitrogen and oxygen atoms in total. The third-order valence-electron chi connectivity index (χ3n) is 7.84. The highest BCUT2D eigenvalue weighted by Gasteiger charge is 2.41. The largest absolute Gasteiger partial charge is 0.303 e. The minimum absolute atomic E-state index is 0.0147. The third-order valence-corrected chi connectivity index (χ3v) is 11.4. The minimum Gasteiger partial charge on any atom is -0.303 e. The summed E-state index contributed by atoms with van der Waals surface area (Å²) >= 11 is 8.60. The summed E-state index contributed by atoms with van der Waals surface area (Å²) in [6, 6.07) is 25.4. The molecule has 2 aliphatic rings. The lowest BCUT2D eigenvalue weighted by Gasteiger charge is -2.40. The lowest BCUT2D eigenvalue weighted by molar-refractivity contribution is 0.166. The molecule has 3 aromatic carbocycles. The van der Waals surface area contributed by atoms with Gasteiger partial charge in [-0.05, 0) is 74.3 Å². The highest BCUT2D eigenvalue weighted by molar-refractivity contribution is 7.99. The minimum atomic E-state index is -3.57. The summed E-state index contributed by atoms with van der Waals surface area (Å²) in [4.78, 5) is 4.32. The Morgan fingerprint density at radius 2 is 1.64 bits per heavy atom. The number of rotatable bonds is 8. The molecule has 0 saturated carbocycles. The first kappa shape index (κ1) is 25.8. The number of hydrogen-bond donors (Lipinski definition) is 0. The summed E-state index contributed by atoms with van der Waals surface area (Å²) in [5.74, 6) is 1.20. The quantitative estimate of drug-likeness (QED) is 0.337. The third kappa shape index (κ3) is 5.25. The van der Waals surface area contributed by atoms with E-state index < -0.39 is 10.0 Å². The van der Waals surface area contributed by atoms with Crippen LogP contribution in [0.1, 0.15) is 36.3 Å². The monoisotopic (exact) mass is 540 g/mol. The summed E-state index contributed by atoms with van der Waals surface area (Å²) in [7, 11) is -1.89. The maximum Gasteiger partial charge on any atom is 0.242 e. The van der Waals surface area contributed by atoms with Gasteiger partial charge in [-0.25, -0.2) is 12.7 Å². The van der Waals surface area contributed by atoms with Crippen LogP contribution in [0.3, 0.4) is 0 Å².